The third-order valence-corrected chi connectivity index (χ3v) is 16.1. The van der Waals surface area contributed by atoms with Crippen molar-refractivity contribution in [3.05, 3.63) is 209 Å². The predicted molar refractivity (Wildman–Crippen MR) is 331 cm³/mol. The first-order valence-electron chi connectivity index (χ1n) is 28.2. The summed E-state index contributed by atoms with van der Waals surface area (Å²) < 4.78 is 9.46. The smallest absolute Gasteiger partial charge is 0.135 e. The van der Waals surface area contributed by atoms with Gasteiger partial charge in [-0.3, -0.25) is 0 Å². The van der Waals surface area contributed by atoms with Crippen LogP contribution in [0.5, 0.6) is 11.5 Å². The summed E-state index contributed by atoms with van der Waals surface area (Å²) in [5.74, 6) is 2.60. The standard InChI is InChI=1S/C73H81N4O.Pt/c1-46(2)57-28-24-29-58(47(3)4)68(57)48-35-53(75-45-76(54-38-51(69(5,6)7)37-52(39-54)70(8,9)10)66-44-62(72(14,15)16)61(43-65(66)75)71(11,12)13)41-56(36-48)78-55-31-32-60-59-27-22-23-30-63(59)77(64(60)42-55)67-40-50(33-34-74-67)73(17,18)49-25-20-19-21-26-49;/h19-40,43-47H,1-18H3;/q-3;. The largest absolute Gasteiger partial charge is 0.509 e. The van der Waals surface area contributed by atoms with Crippen LogP contribution in [-0.2, 0) is 48.1 Å². The molecule has 6 heteroatoms. The normalized spacial score (nSPS) is 13.5. The second-order valence-electron chi connectivity index (χ2n) is 27.2. The molecule has 79 heavy (non-hydrogen) atoms. The van der Waals surface area contributed by atoms with Gasteiger partial charge in [-0.2, -0.15) is 6.07 Å². The number of rotatable bonds is 10. The molecular formula is C73H81N4OPt-3. The number of hydrogen-bond acceptors (Lipinski definition) is 4. The molecule has 0 N–H and O–H groups in total. The average Bonchev–Trinajstić information content (AvgIpc) is 4.19. The molecule has 3 heterocycles. The van der Waals surface area contributed by atoms with Crippen LogP contribution in [0, 0.1) is 18.8 Å². The number of anilines is 4. The van der Waals surface area contributed by atoms with Crippen LogP contribution in [0.3, 0.4) is 0 Å². The third-order valence-electron chi connectivity index (χ3n) is 16.1. The van der Waals surface area contributed by atoms with E-state index in [0.717, 1.165) is 55.9 Å². The Labute approximate surface area is 487 Å². The van der Waals surface area contributed by atoms with Gasteiger partial charge in [0.1, 0.15) is 5.82 Å². The summed E-state index contributed by atoms with van der Waals surface area (Å²) in [5.41, 5.74) is 18.3. The Morgan fingerprint density at radius 2 is 1.08 bits per heavy atom. The van der Waals surface area contributed by atoms with Crippen LogP contribution in [0.15, 0.2) is 146 Å². The monoisotopic (exact) mass is 1220 g/mol. The molecule has 0 aliphatic carbocycles. The van der Waals surface area contributed by atoms with E-state index >= 15 is 0 Å². The number of pyridine rings is 1. The molecule has 7 aromatic carbocycles. The van der Waals surface area contributed by atoms with Gasteiger partial charge in [0.2, 0.25) is 0 Å². The van der Waals surface area contributed by atoms with Gasteiger partial charge in [0, 0.05) is 66.8 Å². The maximum absolute atomic E-state index is 7.22. The number of fused-ring (bicyclic) bond motifs is 4. The molecule has 0 atom stereocenters. The first kappa shape index (κ1) is 57.3. The predicted octanol–water partition coefficient (Wildman–Crippen LogP) is 20.4. The molecule has 0 saturated carbocycles. The first-order chi connectivity index (χ1) is 36.6. The molecular weight excluding hydrogens is 1140 g/mol. The molecule has 1 aliphatic rings. The van der Waals surface area contributed by atoms with Gasteiger partial charge >= 0.3 is 0 Å². The molecule has 1 aliphatic heterocycles. The first-order valence-corrected chi connectivity index (χ1v) is 28.2. The van der Waals surface area contributed by atoms with E-state index in [1.165, 1.54) is 50.1 Å². The third kappa shape index (κ3) is 11.0. The van der Waals surface area contributed by atoms with Crippen LogP contribution in [0.4, 0.5) is 22.7 Å². The summed E-state index contributed by atoms with van der Waals surface area (Å²) in [4.78, 5) is 9.84. The minimum atomic E-state index is -0.253. The van der Waals surface area contributed by atoms with E-state index in [1.54, 1.807) is 0 Å². The van der Waals surface area contributed by atoms with E-state index in [0.29, 0.717) is 11.5 Å². The maximum Gasteiger partial charge on any atom is 0.135 e. The Morgan fingerprint density at radius 3 is 1.66 bits per heavy atom. The second kappa shape index (κ2) is 20.9. The molecule has 0 unspecified atom stereocenters. The van der Waals surface area contributed by atoms with Crippen molar-refractivity contribution >= 4 is 44.6 Å². The van der Waals surface area contributed by atoms with E-state index in [2.05, 4.69) is 297 Å². The van der Waals surface area contributed by atoms with Crippen molar-refractivity contribution in [3.8, 4) is 28.4 Å². The molecule has 0 radical (unpaired) electrons. The van der Waals surface area contributed by atoms with Crippen LogP contribution < -0.4 is 14.5 Å². The molecule has 10 rings (SSSR count). The van der Waals surface area contributed by atoms with Gasteiger partial charge in [-0.15, -0.1) is 53.6 Å². The maximum atomic E-state index is 7.22. The molecule has 0 amide bonds. The molecule has 0 fully saturated rings. The van der Waals surface area contributed by atoms with Gasteiger partial charge in [-0.05, 0) is 131 Å². The van der Waals surface area contributed by atoms with Crippen molar-refractivity contribution in [2.45, 2.75) is 164 Å². The molecule has 412 valence electrons. The topological polar surface area (TPSA) is 33.5 Å². The minimum absolute atomic E-state index is 0. The van der Waals surface area contributed by atoms with E-state index < -0.39 is 0 Å². The number of benzene rings is 7. The van der Waals surface area contributed by atoms with Crippen LogP contribution in [0.2, 0.25) is 0 Å². The van der Waals surface area contributed by atoms with Crippen LogP contribution >= 0.6 is 0 Å². The molecule has 5 nitrogen and oxygen atoms in total. The van der Waals surface area contributed by atoms with Crippen molar-refractivity contribution in [3.63, 3.8) is 0 Å². The SMILES string of the molecule is CC(C)c1cccc(C(C)C)c1-c1cc(Oc2[c-]c3c(cc2)c2ccccc2n3-c2cc(C(C)(C)c3ccccc3)ccn2)[c-]c(N2[CH-]N(c3cc(C(C)(C)C)cc(C(C)(C)C)c3)c3cc(C(C)(C)C)c(C(C)(C)C)cc32)c1.[Pt]. The number of para-hydroxylation sites is 1. The zero-order valence-corrected chi connectivity index (χ0v) is 52.4. The molecule has 0 bridgehead atoms. The van der Waals surface area contributed by atoms with Crippen molar-refractivity contribution in [2.75, 3.05) is 9.80 Å². The Balaban J connectivity index is 0.00000757. The molecule has 0 saturated heterocycles. The summed E-state index contributed by atoms with van der Waals surface area (Å²) in [7, 11) is 0. The second-order valence-corrected chi connectivity index (χ2v) is 27.2. The zero-order chi connectivity index (χ0) is 56.0. The van der Waals surface area contributed by atoms with E-state index in [9.17, 15) is 0 Å². The number of nitrogens with zero attached hydrogens (tertiary/aromatic N) is 4. The molecule has 0 spiro atoms. The summed E-state index contributed by atoms with van der Waals surface area (Å²) in [6.45, 7) is 44.0. The van der Waals surface area contributed by atoms with Gasteiger partial charge in [-0.25, -0.2) is 4.98 Å². The number of ether oxygens (including phenoxy) is 1. The van der Waals surface area contributed by atoms with Crippen molar-refractivity contribution in [1.29, 1.82) is 0 Å². The Bertz CT molecular complexity index is 3660. The fourth-order valence-corrected chi connectivity index (χ4v) is 11.4. The minimum Gasteiger partial charge on any atom is -0.509 e. The Morgan fingerprint density at radius 1 is 0.494 bits per heavy atom. The summed E-state index contributed by atoms with van der Waals surface area (Å²) in [6.07, 6.45) is 1.94. The summed E-state index contributed by atoms with van der Waals surface area (Å²) >= 11 is 0. The van der Waals surface area contributed by atoms with Crippen molar-refractivity contribution in [2.24, 2.45) is 0 Å². The molecule has 2 aromatic heterocycles. The van der Waals surface area contributed by atoms with E-state index in [-0.39, 0.29) is 60.0 Å². The Kier molecular flexibility index (Phi) is 15.2. The van der Waals surface area contributed by atoms with Gasteiger partial charge in [0.05, 0.1) is 0 Å². The van der Waals surface area contributed by atoms with E-state index in [4.69, 9.17) is 9.72 Å². The van der Waals surface area contributed by atoms with Gasteiger partial charge in [0.15, 0.2) is 0 Å². The number of hydrogen-bond donors (Lipinski definition) is 0. The number of aromatic nitrogens is 2. The fraction of sp³-hybridized carbons (Fsp3) is 0.342. The van der Waals surface area contributed by atoms with Crippen molar-refractivity contribution in [1.82, 2.24) is 9.55 Å². The fourth-order valence-electron chi connectivity index (χ4n) is 11.4. The van der Waals surface area contributed by atoms with Crippen LogP contribution in [0.1, 0.15) is 181 Å². The van der Waals surface area contributed by atoms with E-state index in [1.807, 2.05) is 6.20 Å². The van der Waals surface area contributed by atoms with Crippen molar-refractivity contribution < 1.29 is 25.8 Å². The van der Waals surface area contributed by atoms with Crippen LogP contribution in [0.25, 0.3) is 38.8 Å². The summed E-state index contributed by atoms with van der Waals surface area (Å²) in [6, 6.07) is 59.1. The average molecular weight is 1230 g/mol. The molecule has 9 aromatic rings. The zero-order valence-electron chi connectivity index (χ0n) is 50.1. The summed E-state index contributed by atoms with van der Waals surface area (Å²) in [5, 5.41) is 2.21. The van der Waals surface area contributed by atoms with Crippen LogP contribution in [-0.4, -0.2) is 9.55 Å². The van der Waals surface area contributed by atoms with Gasteiger partial charge in [-0.1, -0.05) is 203 Å². The van der Waals surface area contributed by atoms with Gasteiger partial charge in [0.25, 0.3) is 0 Å². The van der Waals surface area contributed by atoms with Gasteiger partial charge < -0.3 is 19.1 Å². The Hall–Kier alpha value is -6.42. The quantitative estimate of drug-likeness (QED) is 0.128.